The van der Waals surface area contributed by atoms with Gasteiger partial charge in [-0.1, -0.05) is 6.07 Å². The maximum absolute atomic E-state index is 11.9. The lowest BCUT2D eigenvalue weighted by atomic mass is 10.2. The fourth-order valence-electron chi connectivity index (χ4n) is 2.06. The molecule has 17 heavy (non-hydrogen) atoms. The summed E-state index contributed by atoms with van der Waals surface area (Å²) >= 11 is 0. The highest BCUT2D eigenvalue weighted by molar-refractivity contribution is 6.02. The molecule has 0 bridgehead atoms. The van der Waals surface area contributed by atoms with Crippen LogP contribution in [0, 0.1) is 6.92 Å². The van der Waals surface area contributed by atoms with Crippen LogP contribution in [0.4, 0.5) is 0 Å². The highest BCUT2D eigenvalue weighted by atomic mass is 16.5. The van der Waals surface area contributed by atoms with E-state index in [0.717, 1.165) is 23.4 Å². The van der Waals surface area contributed by atoms with Crippen LogP contribution in [0.5, 0.6) is 0 Å². The van der Waals surface area contributed by atoms with E-state index in [9.17, 15) is 4.79 Å². The zero-order valence-corrected chi connectivity index (χ0v) is 10.4. The molecule has 0 atom stereocenters. The molecule has 90 valence electrons. The van der Waals surface area contributed by atoms with Gasteiger partial charge in [-0.15, -0.1) is 0 Å². The maximum Gasteiger partial charge on any atom is 0.340 e. The third-order valence-corrected chi connectivity index (χ3v) is 2.77. The van der Waals surface area contributed by atoms with Crippen LogP contribution in [0.3, 0.4) is 0 Å². The van der Waals surface area contributed by atoms with Gasteiger partial charge in [-0.3, -0.25) is 0 Å². The summed E-state index contributed by atoms with van der Waals surface area (Å²) in [6, 6.07) is 5.53. The third kappa shape index (κ3) is 1.90. The Labute approximate surface area is 100 Å². The molecule has 4 heteroatoms. The molecule has 2 rings (SSSR count). The Kier molecular flexibility index (Phi) is 3.13. The van der Waals surface area contributed by atoms with Crippen molar-refractivity contribution in [1.29, 1.82) is 0 Å². The molecule has 0 aliphatic carbocycles. The number of ether oxygens (including phenoxy) is 1. The quantitative estimate of drug-likeness (QED) is 0.764. The second-order valence-electron chi connectivity index (χ2n) is 3.80. The van der Waals surface area contributed by atoms with Crippen LogP contribution in [0.1, 0.15) is 30.0 Å². The van der Waals surface area contributed by atoms with Gasteiger partial charge < -0.3 is 9.30 Å². The Morgan fingerprint density at radius 1 is 1.41 bits per heavy atom. The molecular weight excluding hydrogens is 216 g/mol. The van der Waals surface area contributed by atoms with E-state index in [1.807, 2.05) is 30.5 Å². The third-order valence-electron chi connectivity index (χ3n) is 2.77. The number of esters is 1. The van der Waals surface area contributed by atoms with Crippen LogP contribution in [0.2, 0.25) is 0 Å². The lowest BCUT2D eigenvalue weighted by Crippen LogP contribution is -2.08. The van der Waals surface area contributed by atoms with E-state index in [1.165, 1.54) is 0 Å². The van der Waals surface area contributed by atoms with Gasteiger partial charge in [-0.25, -0.2) is 9.78 Å². The monoisotopic (exact) mass is 232 g/mol. The molecule has 1 heterocycles. The van der Waals surface area contributed by atoms with Gasteiger partial charge in [0, 0.05) is 6.54 Å². The first kappa shape index (κ1) is 11.6. The number of aromatic nitrogens is 2. The van der Waals surface area contributed by atoms with Crippen molar-refractivity contribution in [2.24, 2.45) is 0 Å². The summed E-state index contributed by atoms with van der Waals surface area (Å²) < 4.78 is 7.09. The second kappa shape index (κ2) is 4.57. The van der Waals surface area contributed by atoms with Crippen LogP contribution in [0.15, 0.2) is 18.2 Å². The van der Waals surface area contributed by atoms with E-state index in [0.29, 0.717) is 12.2 Å². The number of aryl methyl sites for hydroxylation is 2. The Morgan fingerprint density at radius 3 is 2.82 bits per heavy atom. The van der Waals surface area contributed by atoms with Crippen molar-refractivity contribution >= 4 is 17.0 Å². The molecule has 0 saturated heterocycles. The van der Waals surface area contributed by atoms with E-state index < -0.39 is 0 Å². The predicted octanol–water partition coefficient (Wildman–Crippen LogP) is 2.54. The zero-order chi connectivity index (χ0) is 12.4. The van der Waals surface area contributed by atoms with Gasteiger partial charge in [0.15, 0.2) is 0 Å². The minimum Gasteiger partial charge on any atom is -0.462 e. The molecule has 0 N–H and O–H groups in total. The lowest BCUT2D eigenvalue weighted by Gasteiger charge is -2.07. The number of hydrogen-bond donors (Lipinski definition) is 0. The molecule has 0 radical (unpaired) electrons. The number of benzene rings is 1. The van der Waals surface area contributed by atoms with Crippen LogP contribution in [0.25, 0.3) is 11.0 Å². The summed E-state index contributed by atoms with van der Waals surface area (Å²) in [5.74, 6) is 0.631. The van der Waals surface area contributed by atoms with E-state index in [2.05, 4.69) is 4.98 Å². The number of para-hydroxylation sites is 1. The van der Waals surface area contributed by atoms with E-state index in [-0.39, 0.29) is 5.97 Å². The molecule has 2 aromatic rings. The van der Waals surface area contributed by atoms with Gasteiger partial charge in [0.1, 0.15) is 5.82 Å². The van der Waals surface area contributed by atoms with Crippen molar-refractivity contribution in [3.05, 3.63) is 29.6 Å². The summed E-state index contributed by atoms with van der Waals surface area (Å²) in [6.45, 7) is 6.96. The number of hydrogen-bond acceptors (Lipinski definition) is 3. The smallest absolute Gasteiger partial charge is 0.340 e. The first-order valence-electron chi connectivity index (χ1n) is 5.82. The van der Waals surface area contributed by atoms with Gasteiger partial charge in [0.05, 0.1) is 23.2 Å². The molecule has 0 amide bonds. The average Bonchev–Trinajstić information content (AvgIpc) is 2.64. The normalized spacial score (nSPS) is 10.8. The SMILES string of the molecule is CCOC(=O)c1cccc2nc(C)n(CC)c12. The lowest BCUT2D eigenvalue weighted by molar-refractivity contribution is 0.0528. The first-order chi connectivity index (χ1) is 8.19. The van der Waals surface area contributed by atoms with Crippen molar-refractivity contribution < 1.29 is 9.53 Å². The van der Waals surface area contributed by atoms with E-state index in [1.54, 1.807) is 13.0 Å². The molecule has 0 spiro atoms. The summed E-state index contributed by atoms with van der Waals surface area (Å²) in [4.78, 5) is 16.3. The molecule has 4 nitrogen and oxygen atoms in total. The van der Waals surface area contributed by atoms with E-state index >= 15 is 0 Å². The number of carbonyl (C=O) groups excluding carboxylic acids is 1. The molecule has 0 aliphatic rings. The molecular formula is C13H16N2O2. The fraction of sp³-hybridized carbons (Fsp3) is 0.385. The van der Waals surface area contributed by atoms with Crippen LogP contribution in [-0.4, -0.2) is 22.1 Å². The average molecular weight is 232 g/mol. The number of imidazole rings is 1. The van der Waals surface area contributed by atoms with Gasteiger partial charge in [-0.05, 0) is 32.9 Å². The Morgan fingerprint density at radius 2 is 2.18 bits per heavy atom. The summed E-state index contributed by atoms with van der Waals surface area (Å²) in [5.41, 5.74) is 2.30. The number of carbonyl (C=O) groups is 1. The molecule has 1 aromatic carbocycles. The molecule has 1 aromatic heterocycles. The Bertz CT molecular complexity index is 558. The minimum atomic E-state index is -0.285. The van der Waals surface area contributed by atoms with Gasteiger partial charge in [-0.2, -0.15) is 0 Å². The van der Waals surface area contributed by atoms with Crippen molar-refractivity contribution in [1.82, 2.24) is 9.55 Å². The van der Waals surface area contributed by atoms with Crippen molar-refractivity contribution in [2.75, 3.05) is 6.61 Å². The predicted molar refractivity (Wildman–Crippen MR) is 66.1 cm³/mol. The molecule has 0 fully saturated rings. The van der Waals surface area contributed by atoms with Crippen molar-refractivity contribution in [3.8, 4) is 0 Å². The number of rotatable bonds is 3. The van der Waals surface area contributed by atoms with Gasteiger partial charge in [0.25, 0.3) is 0 Å². The number of nitrogens with zero attached hydrogens (tertiary/aromatic N) is 2. The fourth-order valence-corrected chi connectivity index (χ4v) is 2.06. The van der Waals surface area contributed by atoms with Crippen LogP contribution in [-0.2, 0) is 11.3 Å². The Balaban J connectivity index is 2.66. The molecule has 0 saturated carbocycles. The van der Waals surface area contributed by atoms with Crippen molar-refractivity contribution in [2.45, 2.75) is 27.3 Å². The first-order valence-corrected chi connectivity index (χ1v) is 5.82. The molecule has 0 aliphatic heterocycles. The largest absolute Gasteiger partial charge is 0.462 e. The van der Waals surface area contributed by atoms with Gasteiger partial charge in [0.2, 0.25) is 0 Å². The maximum atomic E-state index is 11.9. The summed E-state index contributed by atoms with van der Waals surface area (Å²) in [6.07, 6.45) is 0. The second-order valence-corrected chi connectivity index (χ2v) is 3.80. The van der Waals surface area contributed by atoms with Crippen molar-refractivity contribution in [3.63, 3.8) is 0 Å². The summed E-state index contributed by atoms with van der Waals surface area (Å²) in [7, 11) is 0. The Hall–Kier alpha value is -1.84. The van der Waals surface area contributed by atoms with Crippen LogP contribution >= 0.6 is 0 Å². The summed E-state index contributed by atoms with van der Waals surface area (Å²) in [5, 5.41) is 0. The van der Waals surface area contributed by atoms with Gasteiger partial charge >= 0.3 is 5.97 Å². The minimum absolute atomic E-state index is 0.285. The standard InChI is InChI=1S/C13H16N2O2/c1-4-15-9(3)14-11-8-6-7-10(12(11)15)13(16)17-5-2/h6-8H,4-5H2,1-3H3. The van der Waals surface area contributed by atoms with E-state index in [4.69, 9.17) is 4.74 Å². The highest BCUT2D eigenvalue weighted by Gasteiger charge is 2.16. The highest BCUT2D eigenvalue weighted by Crippen LogP contribution is 2.21. The number of fused-ring (bicyclic) bond motifs is 1. The topological polar surface area (TPSA) is 44.1 Å². The zero-order valence-electron chi connectivity index (χ0n) is 10.4. The molecule has 0 unspecified atom stereocenters. The van der Waals surface area contributed by atoms with Crippen LogP contribution < -0.4 is 0 Å².